The zero-order valence-electron chi connectivity index (χ0n) is 13.4. The second kappa shape index (κ2) is 6.35. The normalized spacial score (nSPS) is 16.0. The number of carbonyl (C=O) groups excluding carboxylic acids is 1. The Kier molecular flexibility index (Phi) is 3.91. The number of allylic oxidation sites excluding steroid dienone is 3. The predicted molar refractivity (Wildman–Crippen MR) is 90.3 cm³/mol. The zero-order valence-corrected chi connectivity index (χ0v) is 13.4. The second-order valence-corrected chi connectivity index (χ2v) is 6.10. The molecule has 1 aliphatic heterocycles. The van der Waals surface area contributed by atoms with Gasteiger partial charge in [0.25, 0.3) is 5.91 Å². The number of nitrogens with zero attached hydrogens (tertiary/aromatic N) is 2. The van der Waals surface area contributed by atoms with Crippen molar-refractivity contribution in [3.63, 3.8) is 0 Å². The molecular weight excluding hydrogens is 302 g/mol. The number of benzene rings is 1. The molecule has 0 radical (unpaired) electrons. The van der Waals surface area contributed by atoms with Crippen molar-refractivity contribution in [2.45, 2.75) is 19.4 Å². The maximum absolute atomic E-state index is 11.9. The Morgan fingerprint density at radius 3 is 2.75 bits per heavy atom. The van der Waals surface area contributed by atoms with Crippen molar-refractivity contribution in [1.82, 2.24) is 15.4 Å². The highest BCUT2D eigenvalue weighted by atomic mass is 16.5. The van der Waals surface area contributed by atoms with Gasteiger partial charge >= 0.3 is 0 Å². The van der Waals surface area contributed by atoms with E-state index < -0.39 is 0 Å². The Morgan fingerprint density at radius 1 is 1.21 bits per heavy atom. The van der Waals surface area contributed by atoms with Gasteiger partial charge in [-0.05, 0) is 41.7 Å². The van der Waals surface area contributed by atoms with Crippen LogP contribution in [0.15, 0.2) is 58.9 Å². The summed E-state index contributed by atoms with van der Waals surface area (Å²) in [4.78, 5) is 14.4. The van der Waals surface area contributed by atoms with Gasteiger partial charge in [0.05, 0.1) is 6.20 Å². The summed E-state index contributed by atoms with van der Waals surface area (Å²) in [5, 5.41) is 6.42. The minimum absolute atomic E-state index is 0.238. The van der Waals surface area contributed by atoms with Gasteiger partial charge in [-0.25, -0.2) is 0 Å². The van der Waals surface area contributed by atoms with E-state index in [0.717, 1.165) is 31.5 Å². The summed E-state index contributed by atoms with van der Waals surface area (Å²) in [6.07, 6.45) is 9.98. The fourth-order valence-corrected chi connectivity index (χ4v) is 3.14. The van der Waals surface area contributed by atoms with E-state index in [-0.39, 0.29) is 11.7 Å². The molecule has 1 amide bonds. The first-order valence-electron chi connectivity index (χ1n) is 8.22. The number of nitrogens with one attached hydrogen (secondary N) is 1. The number of carbonyl (C=O) groups is 1. The monoisotopic (exact) mass is 321 g/mol. The van der Waals surface area contributed by atoms with E-state index in [4.69, 9.17) is 4.52 Å². The zero-order chi connectivity index (χ0) is 16.4. The maximum Gasteiger partial charge on any atom is 0.290 e. The lowest BCUT2D eigenvalue weighted by atomic mass is 10.00. The van der Waals surface area contributed by atoms with Crippen molar-refractivity contribution in [2.75, 3.05) is 13.1 Å². The second-order valence-electron chi connectivity index (χ2n) is 6.10. The van der Waals surface area contributed by atoms with Crippen LogP contribution in [0.5, 0.6) is 0 Å². The van der Waals surface area contributed by atoms with E-state index in [1.807, 2.05) is 0 Å². The Balaban J connectivity index is 1.40. The van der Waals surface area contributed by atoms with Crippen LogP contribution in [0, 0.1) is 0 Å². The molecule has 0 fully saturated rings. The molecule has 4 rings (SSSR count). The van der Waals surface area contributed by atoms with Crippen LogP contribution in [0.4, 0.5) is 0 Å². The lowest BCUT2D eigenvalue weighted by molar-refractivity contribution is 0.0914. The minimum Gasteiger partial charge on any atom is -0.371 e. The highest BCUT2D eigenvalue weighted by Gasteiger charge is 2.17. The SMILES string of the molecule is O=C(NCc1ccc2c(c1)CCN(C1=CC=C1)CC2)c1ccno1. The summed E-state index contributed by atoms with van der Waals surface area (Å²) < 4.78 is 4.86. The molecule has 5 heteroatoms. The number of fused-ring (bicyclic) bond motifs is 1. The molecule has 1 aromatic carbocycles. The van der Waals surface area contributed by atoms with Crippen molar-refractivity contribution in [3.05, 3.63) is 76.8 Å². The van der Waals surface area contributed by atoms with Gasteiger partial charge in [0, 0.05) is 31.4 Å². The van der Waals surface area contributed by atoms with Gasteiger partial charge in [-0.3, -0.25) is 4.79 Å². The van der Waals surface area contributed by atoms with Crippen molar-refractivity contribution in [2.24, 2.45) is 0 Å². The average molecular weight is 321 g/mol. The molecule has 0 saturated carbocycles. The lowest BCUT2D eigenvalue weighted by Crippen LogP contribution is -2.26. The molecule has 2 aliphatic rings. The summed E-state index contributed by atoms with van der Waals surface area (Å²) in [6, 6.07) is 8.06. The summed E-state index contributed by atoms with van der Waals surface area (Å²) in [5.74, 6) is -0.000411. The molecule has 0 atom stereocenters. The first-order valence-corrected chi connectivity index (χ1v) is 8.22. The molecule has 0 unspecified atom stereocenters. The third kappa shape index (κ3) is 2.97. The molecule has 5 nitrogen and oxygen atoms in total. The van der Waals surface area contributed by atoms with Crippen LogP contribution in [0.3, 0.4) is 0 Å². The number of aromatic nitrogens is 1. The molecule has 0 bridgehead atoms. The summed E-state index contributed by atoms with van der Waals surface area (Å²) in [7, 11) is 0. The summed E-state index contributed by atoms with van der Waals surface area (Å²) >= 11 is 0. The third-order valence-corrected chi connectivity index (χ3v) is 4.59. The fraction of sp³-hybridized carbons (Fsp3) is 0.263. The standard InChI is InChI=1S/C19H19N3O2/c23-19(18-6-9-21-24-18)20-13-14-4-5-15-7-10-22(17-2-1-3-17)11-8-16(15)12-14/h1-6,9,12H,7-8,10-11,13H2,(H,20,23). The average Bonchev–Trinajstić information content (AvgIpc) is 3.01. The molecule has 24 heavy (non-hydrogen) atoms. The van der Waals surface area contributed by atoms with E-state index >= 15 is 0 Å². The minimum atomic E-state index is -0.239. The maximum atomic E-state index is 11.9. The topological polar surface area (TPSA) is 58.4 Å². The Labute approximate surface area is 140 Å². The first kappa shape index (κ1) is 14.8. The molecule has 0 saturated heterocycles. The first-order chi connectivity index (χ1) is 11.8. The highest BCUT2D eigenvalue weighted by Crippen LogP contribution is 2.22. The molecule has 1 aliphatic carbocycles. The van der Waals surface area contributed by atoms with Gasteiger partial charge in [0.15, 0.2) is 0 Å². The van der Waals surface area contributed by atoms with Crippen molar-refractivity contribution in [3.8, 4) is 0 Å². The van der Waals surface area contributed by atoms with Gasteiger partial charge in [0.1, 0.15) is 0 Å². The summed E-state index contributed by atoms with van der Waals surface area (Å²) in [5.41, 5.74) is 5.24. The van der Waals surface area contributed by atoms with E-state index in [9.17, 15) is 4.79 Å². The summed E-state index contributed by atoms with van der Waals surface area (Å²) in [6.45, 7) is 2.59. The van der Waals surface area contributed by atoms with Crippen LogP contribution in [0.1, 0.15) is 27.2 Å². The van der Waals surface area contributed by atoms with E-state index in [1.165, 1.54) is 23.0 Å². The molecule has 2 heterocycles. The van der Waals surface area contributed by atoms with Crippen LogP contribution in [-0.4, -0.2) is 29.1 Å². The quantitative estimate of drug-likeness (QED) is 0.940. The lowest BCUT2D eigenvalue weighted by Gasteiger charge is -2.26. The Bertz CT molecular complexity index is 806. The van der Waals surface area contributed by atoms with Crippen LogP contribution < -0.4 is 5.32 Å². The van der Waals surface area contributed by atoms with Gasteiger partial charge in [0.2, 0.25) is 5.76 Å². The van der Waals surface area contributed by atoms with Crippen molar-refractivity contribution < 1.29 is 9.32 Å². The van der Waals surface area contributed by atoms with E-state index in [0.29, 0.717) is 6.54 Å². The van der Waals surface area contributed by atoms with Gasteiger partial charge in [-0.15, -0.1) is 0 Å². The van der Waals surface area contributed by atoms with E-state index in [2.05, 4.69) is 51.8 Å². The number of hydrogen-bond donors (Lipinski definition) is 1. The largest absolute Gasteiger partial charge is 0.371 e. The third-order valence-electron chi connectivity index (χ3n) is 4.59. The fourth-order valence-electron chi connectivity index (χ4n) is 3.14. The van der Waals surface area contributed by atoms with Crippen LogP contribution in [-0.2, 0) is 19.4 Å². The number of rotatable bonds is 4. The molecule has 122 valence electrons. The van der Waals surface area contributed by atoms with Crippen LogP contribution in [0.2, 0.25) is 0 Å². The van der Waals surface area contributed by atoms with Gasteiger partial charge < -0.3 is 14.7 Å². The van der Waals surface area contributed by atoms with Crippen LogP contribution >= 0.6 is 0 Å². The van der Waals surface area contributed by atoms with Crippen molar-refractivity contribution >= 4 is 5.91 Å². The van der Waals surface area contributed by atoms with Crippen LogP contribution in [0.25, 0.3) is 0 Å². The molecular formula is C19H19N3O2. The molecule has 2 aromatic rings. The predicted octanol–water partition coefficient (Wildman–Crippen LogP) is 2.46. The van der Waals surface area contributed by atoms with E-state index in [1.54, 1.807) is 6.07 Å². The molecule has 0 spiro atoms. The molecule has 1 aromatic heterocycles. The van der Waals surface area contributed by atoms with Gasteiger partial charge in [-0.1, -0.05) is 29.4 Å². The smallest absolute Gasteiger partial charge is 0.290 e. The molecule has 1 N–H and O–H groups in total. The number of hydrogen-bond acceptors (Lipinski definition) is 4. The number of amides is 1. The highest BCUT2D eigenvalue weighted by molar-refractivity contribution is 5.91. The Hall–Kier alpha value is -2.82. The van der Waals surface area contributed by atoms with Gasteiger partial charge in [-0.2, -0.15) is 0 Å². The van der Waals surface area contributed by atoms with Crippen molar-refractivity contribution in [1.29, 1.82) is 0 Å². The Morgan fingerprint density at radius 2 is 2.04 bits per heavy atom.